The third-order valence-corrected chi connectivity index (χ3v) is 3.73. The van der Waals surface area contributed by atoms with E-state index in [0.29, 0.717) is 11.0 Å². The van der Waals surface area contributed by atoms with Crippen molar-refractivity contribution in [1.29, 1.82) is 0 Å². The smallest absolute Gasteiger partial charge is 0.303 e. The molecule has 1 atom stereocenters. The highest BCUT2D eigenvalue weighted by atomic mass is 19.1. The number of hydrogen-bond acceptors (Lipinski definition) is 2. The Labute approximate surface area is 104 Å². The molecule has 1 N–H and O–H groups in total. The van der Waals surface area contributed by atoms with Gasteiger partial charge < -0.3 is 4.98 Å². The Morgan fingerprint density at radius 2 is 2.22 bits per heavy atom. The van der Waals surface area contributed by atoms with Crippen molar-refractivity contribution in [2.45, 2.75) is 25.4 Å². The standard InChI is InChI=1S/C13H16FN3O/c1-16-8-3-2-7-11(16)17-10-6-4-5-9(14)12(10)15-13(17)18/h4-6,11H,2-3,7-8H2,1H3,(H,15,18). The van der Waals surface area contributed by atoms with Gasteiger partial charge >= 0.3 is 5.69 Å². The number of likely N-dealkylation sites (tertiary alicyclic amines) is 1. The largest absolute Gasteiger partial charge is 0.327 e. The summed E-state index contributed by atoms with van der Waals surface area (Å²) in [5.74, 6) is -0.373. The van der Waals surface area contributed by atoms with Gasteiger partial charge in [-0.2, -0.15) is 0 Å². The molecule has 0 spiro atoms. The van der Waals surface area contributed by atoms with E-state index in [4.69, 9.17) is 0 Å². The van der Waals surface area contributed by atoms with E-state index in [2.05, 4.69) is 9.88 Å². The van der Waals surface area contributed by atoms with E-state index in [1.54, 1.807) is 16.7 Å². The van der Waals surface area contributed by atoms with Crippen molar-refractivity contribution < 1.29 is 4.39 Å². The number of para-hydroxylation sites is 1. The fourth-order valence-electron chi connectivity index (χ4n) is 2.79. The van der Waals surface area contributed by atoms with Crippen LogP contribution in [0.4, 0.5) is 4.39 Å². The quantitative estimate of drug-likeness (QED) is 0.840. The molecule has 2 heterocycles. The molecular formula is C13H16FN3O. The first-order valence-electron chi connectivity index (χ1n) is 6.27. The highest BCUT2D eigenvalue weighted by molar-refractivity contribution is 5.75. The third-order valence-electron chi connectivity index (χ3n) is 3.73. The number of fused-ring (bicyclic) bond motifs is 1. The second-order valence-electron chi connectivity index (χ2n) is 4.89. The fraction of sp³-hybridized carbons (Fsp3) is 0.462. The molecule has 1 saturated heterocycles. The summed E-state index contributed by atoms with van der Waals surface area (Å²) in [4.78, 5) is 16.8. The number of halogens is 1. The summed E-state index contributed by atoms with van der Waals surface area (Å²) in [6.45, 7) is 0.971. The van der Waals surface area contributed by atoms with Crippen LogP contribution in [0.2, 0.25) is 0 Å². The van der Waals surface area contributed by atoms with Crippen molar-refractivity contribution in [3.05, 3.63) is 34.5 Å². The zero-order valence-corrected chi connectivity index (χ0v) is 10.3. The number of piperidine rings is 1. The van der Waals surface area contributed by atoms with E-state index in [-0.39, 0.29) is 17.7 Å². The van der Waals surface area contributed by atoms with Crippen LogP contribution >= 0.6 is 0 Å². The number of aromatic nitrogens is 2. The molecule has 1 aliphatic rings. The van der Waals surface area contributed by atoms with Gasteiger partial charge in [-0.1, -0.05) is 6.07 Å². The lowest BCUT2D eigenvalue weighted by Crippen LogP contribution is -2.37. The van der Waals surface area contributed by atoms with Crippen LogP contribution in [0.5, 0.6) is 0 Å². The number of rotatable bonds is 1. The van der Waals surface area contributed by atoms with Gasteiger partial charge in [0.05, 0.1) is 11.7 Å². The zero-order chi connectivity index (χ0) is 12.7. The van der Waals surface area contributed by atoms with E-state index < -0.39 is 0 Å². The van der Waals surface area contributed by atoms with E-state index in [9.17, 15) is 9.18 Å². The number of aromatic amines is 1. The summed E-state index contributed by atoms with van der Waals surface area (Å²) in [7, 11) is 2.01. The molecule has 2 aromatic rings. The van der Waals surface area contributed by atoms with Gasteiger partial charge in [-0.05, 0) is 45.0 Å². The zero-order valence-electron chi connectivity index (χ0n) is 10.3. The van der Waals surface area contributed by atoms with Crippen LogP contribution in [0.3, 0.4) is 0 Å². The van der Waals surface area contributed by atoms with Crippen LogP contribution < -0.4 is 5.69 Å². The highest BCUT2D eigenvalue weighted by Gasteiger charge is 2.24. The Morgan fingerprint density at radius 3 is 3.00 bits per heavy atom. The minimum Gasteiger partial charge on any atom is -0.303 e. The molecule has 1 aromatic heterocycles. The van der Waals surface area contributed by atoms with Gasteiger partial charge in [-0.25, -0.2) is 9.18 Å². The molecule has 1 fully saturated rings. The summed E-state index contributed by atoms with van der Waals surface area (Å²) < 4.78 is 15.3. The van der Waals surface area contributed by atoms with Crippen molar-refractivity contribution in [1.82, 2.24) is 14.5 Å². The predicted octanol–water partition coefficient (Wildman–Crippen LogP) is 2.08. The topological polar surface area (TPSA) is 41.0 Å². The fourth-order valence-corrected chi connectivity index (χ4v) is 2.79. The summed E-state index contributed by atoms with van der Waals surface area (Å²) in [6, 6.07) is 4.80. The van der Waals surface area contributed by atoms with Crippen molar-refractivity contribution >= 4 is 11.0 Å². The Hall–Kier alpha value is -1.62. The average molecular weight is 249 g/mol. The monoisotopic (exact) mass is 249 g/mol. The van der Waals surface area contributed by atoms with E-state index in [1.807, 2.05) is 7.05 Å². The van der Waals surface area contributed by atoms with E-state index in [1.165, 1.54) is 6.07 Å². The maximum atomic E-state index is 13.6. The number of hydrogen-bond donors (Lipinski definition) is 1. The lowest BCUT2D eigenvalue weighted by Gasteiger charge is -2.33. The second-order valence-corrected chi connectivity index (χ2v) is 4.89. The molecule has 0 amide bonds. The van der Waals surface area contributed by atoms with Crippen LogP contribution in [0.1, 0.15) is 25.4 Å². The Bertz CT molecular complexity index is 631. The van der Waals surface area contributed by atoms with E-state index in [0.717, 1.165) is 25.8 Å². The van der Waals surface area contributed by atoms with Gasteiger partial charge in [0, 0.05) is 0 Å². The molecule has 0 aliphatic carbocycles. The van der Waals surface area contributed by atoms with Gasteiger partial charge in [-0.15, -0.1) is 0 Å². The number of nitrogens with one attached hydrogen (secondary N) is 1. The Morgan fingerprint density at radius 1 is 1.39 bits per heavy atom. The van der Waals surface area contributed by atoms with Gasteiger partial charge in [0.25, 0.3) is 0 Å². The molecular weight excluding hydrogens is 233 g/mol. The van der Waals surface area contributed by atoms with Crippen molar-refractivity contribution in [2.24, 2.45) is 0 Å². The van der Waals surface area contributed by atoms with Gasteiger partial charge in [0.1, 0.15) is 11.3 Å². The normalized spacial score (nSPS) is 21.6. The molecule has 5 heteroatoms. The maximum Gasteiger partial charge on any atom is 0.327 e. The minimum atomic E-state index is -0.373. The first-order chi connectivity index (χ1) is 8.68. The van der Waals surface area contributed by atoms with Crippen LogP contribution in [-0.4, -0.2) is 28.0 Å². The molecule has 0 bridgehead atoms. The van der Waals surface area contributed by atoms with Crippen LogP contribution in [-0.2, 0) is 0 Å². The molecule has 96 valence electrons. The van der Waals surface area contributed by atoms with Crippen LogP contribution in [0.15, 0.2) is 23.0 Å². The summed E-state index contributed by atoms with van der Waals surface area (Å²) in [5.41, 5.74) is 0.731. The Balaban J connectivity index is 2.19. The van der Waals surface area contributed by atoms with Gasteiger partial charge in [0.15, 0.2) is 0 Å². The number of H-pyrrole nitrogens is 1. The molecule has 18 heavy (non-hydrogen) atoms. The SMILES string of the molecule is CN1CCCCC1n1c(=O)[nH]c2c(F)cccc21. The molecule has 1 aromatic carbocycles. The number of nitrogens with zero attached hydrogens (tertiary/aromatic N) is 2. The van der Waals surface area contributed by atoms with Gasteiger partial charge in [-0.3, -0.25) is 9.47 Å². The van der Waals surface area contributed by atoms with Crippen LogP contribution in [0, 0.1) is 5.82 Å². The molecule has 3 rings (SSSR count). The van der Waals surface area contributed by atoms with Crippen molar-refractivity contribution in [2.75, 3.05) is 13.6 Å². The predicted molar refractivity (Wildman–Crippen MR) is 68.0 cm³/mol. The molecule has 0 saturated carbocycles. The number of imidazole rings is 1. The lowest BCUT2D eigenvalue weighted by atomic mass is 10.1. The molecule has 1 unspecified atom stereocenters. The van der Waals surface area contributed by atoms with Crippen molar-refractivity contribution in [3.63, 3.8) is 0 Å². The first-order valence-corrected chi connectivity index (χ1v) is 6.27. The summed E-state index contributed by atoms with van der Waals surface area (Å²) >= 11 is 0. The van der Waals surface area contributed by atoms with E-state index >= 15 is 0 Å². The summed E-state index contributed by atoms with van der Waals surface area (Å²) in [6.07, 6.45) is 3.21. The minimum absolute atomic E-state index is 0.0294. The molecule has 0 radical (unpaired) electrons. The molecule has 4 nitrogen and oxygen atoms in total. The summed E-state index contributed by atoms with van der Waals surface area (Å²) in [5, 5.41) is 0. The highest BCUT2D eigenvalue weighted by Crippen LogP contribution is 2.26. The first kappa shape index (κ1) is 11.5. The lowest BCUT2D eigenvalue weighted by molar-refractivity contribution is 0.128. The molecule has 1 aliphatic heterocycles. The second kappa shape index (κ2) is 4.24. The number of benzene rings is 1. The maximum absolute atomic E-state index is 13.6. The van der Waals surface area contributed by atoms with Crippen molar-refractivity contribution in [3.8, 4) is 0 Å². The average Bonchev–Trinajstić information content (AvgIpc) is 2.68. The third kappa shape index (κ3) is 1.66. The van der Waals surface area contributed by atoms with Gasteiger partial charge in [0.2, 0.25) is 0 Å². The van der Waals surface area contributed by atoms with Crippen LogP contribution in [0.25, 0.3) is 11.0 Å². The Kier molecular flexibility index (Phi) is 2.70.